The van der Waals surface area contributed by atoms with Crippen molar-refractivity contribution in [2.45, 2.75) is 77.9 Å². The Labute approximate surface area is 245 Å². The van der Waals surface area contributed by atoms with Gasteiger partial charge in [-0.3, -0.25) is 14.4 Å². The zero-order valence-corrected chi connectivity index (χ0v) is 26.0. The zero-order chi connectivity index (χ0) is 30.2. The summed E-state index contributed by atoms with van der Waals surface area (Å²) in [5.41, 5.74) is -0.0478. The molecule has 0 bridgehead atoms. The molecule has 41 heavy (non-hydrogen) atoms. The fourth-order valence-electron chi connectivity index (χ4n) is 5.56. The summed E-state index contributed by atoms with van der Waals surface area (Å²) in [7, 11) is 3.24. The molecule has 230 valence electrons. The van der Waals surface area contributed by atoms with Crippen LogP contribution < -0.4 is 20.1 Å². The molecule has 0 radical (unpaired) electrons. The molecule has 10 nitrogen and oxygen atoms in total. The van der Waals surface area contributed by atoms with Crippen molar-refractivity contribution in [1.82, 2.24) is 20.4 Å². The van der Waals surface area contributed by atoms with Crippen LogP contribution in [0.25, 0.3) is 0 Å². The van der Waals surface area contributed by atoms with Gasteiger partial charge in [0, 0.05) is 82.8 Å². The third kappa shape index (κ3) is 9.60. The molecule has 0 unspecified atom stereocenters. The maximum atomic E-state index is 13.8. The Morgan fingerprint density at radius 3 is 2.32 bits per heavy atom. The molecule has 1 heterocycles. The van der Waals surface area contributed by atoms with Gasteiger partial charge in [0.25, 0.3) is 5.91 Å². The lowest BCUT2D eigenvalue weighted by atomic mass is 9.93. The highest BCUT2D eigenvalue weighted by Crippen LogP contribution is 2.32. The van der Waals surface area contributed by atoms with E-state index in [4.69, 9.17) is 14.2 Å². The maximum absolute atomic E-state index is 13.8. The van der Waals surface area contributed by atoms with Gasteiger partial charge in [-0.05, 0) is 70.6 Å². The molecule has 3 rings (SSSR count). The standard InChI is InChI=1S/C31H50N4O6/c1-21(2)34(30(38)23-9-12-27(40-7)28(15-23)41-14-8-13-39-6)19-24-17-32-18-25(24)20-35(26-10-11-26)29(37)16-31(4,5)33-22(3)36/h9,12,15,21,24-26,32H,8,10-11,13-14,16-20H2,1-7H3,(H,33,36)/t24-,25-/m0/s1. The minimum Gasteiger partial charge on any atom is -0.493 e. The van der Waals surface area contributed by atoms with Crippen LogP contribution in [0, 0.1) is 11.8 Å². The van der Waals surface area contributed by atoms with Gasteiger partial charge in [-0.15, -0.1) is 0 Å². The van der Waals surface area contributed by atoms with Crippen molar-refractivity contribution in [2.75, 3.05) is 53.6 Å². The zero-order valence-electron chi connectivity index (χ0n) is 26.0. The number of hydrogen-bond acceptors (Lipinski definition) is 7. The summed E-state index contributed by atoms with van der Waals surface area (Å²) in [4.78, 5) is 42.8. The van der Waals surface area contributed by atoms with E-state index in [-0.39, 0.29) is 48.1 Å². The van der Waals surface area contributed by atoms with Crippen molar-refractivity contribution in [1.29, 1.82) is 0 Å². The fourth-order valence-corrected chi connectivity index (χ4v) is 5.56. The normalized spacial score (nSPS) is 18.7. The van der Waals surface area contributed by atoms with Crippen LogP contribution in [0.4, 0.5) is 0 Å². The van der Waals surface area contributed by atoms with E-state index in [2.05, 4.69) is 10.6 Å². The van der Waals surface area contributed by atoms with E-state index in [9.17, 15) is 14.4 Å². The van der Waals surface area contributed by atoms with Gasteiger partial charge in [-0.25, -0.2) is 0 Å². The first-order valence-electron chi connectivity index (χ1n) is 14.9. The predicted octanol–water partition coefficient (Wildman–Crippen LogP) is 3.09. The molecule has 2 N–H and O–H groups in total. The van der Waals surface area contributed by atoms with Gasteiger partial charge >= 0.3 is 0 Å². The number of benzene rings is 1. The number of nitrogens with zero attached hydrogens (tertiary/aromatic N) is 2. The maximum Gasteiger partial charge on any atom is 0.254 e. The van der Waals surface area contributed by atoms with E-state index in [1.807, 2.05) is 37.5 Å². The van der Waals surface area contributed by atoms with Crippen LogP contribution in [0.15, 0.2) is 18.2 Å². The molecule has 0 spiro atoms. The molecule has 1 saturated heterocycles. The van der Waals surface area contributed by atoms with Crippen molar-refractivity contribution in [2.24, 2.45) is 11.8 Å². The number of amides is 3. The fraction of sp³-hybridized carbons (Fsp3) is 0.710. The second-order valence-corrected chi connectivity index (χ2v) is 12.3. The van der Waals surface area contributed by atoms with Gasteiger partial charge < -0.3 is 34.6 Å². The van der Waals surface area contributed by atoms with Crippen molar-refractivity contribution in [3.05, 3.63) is 23.8 Å². The Morgan fingerprint density at radius 2 is 1.73 bits per heavy atom. The van der Waals surface area contributed by atoms with E-state index >= 15 is 0 Å². The highest BCUT2D eigenvalue weighted by atomic mass is 16.5. The quantitative estimate of drug-likeness (QED) is 0.292. The molecule has 1 aliphatic carbocycles. The third-order valence-corrected chi connectivity index (χ3v) is 7.80. The predicted molar refractivity (Wildman–Crippen MR) is 158 cm³/mol. The number of methoxy groups -OCH3 is 2. The molecule has 2 fully saturated rings. The SMILES string of the molecule is COCCCOc1cc(C(=O)N(C[C@@H]2CNC[C@H]2CN(C(=O)CC(C)(C)NC(C)=O)C2CC2)C(C)C)ccc1OC. The van der Waals surface area contributed by atoms with Crippen molar-refractivity contribution in [3.8, 4) is 11.5 Å². The molecule has 2 atom stereocenters. The van der Waals surface area contributed by atoms with Crippen molar-refractivity contribution in [3.63, 3.8) is 0 Å². The summed E-state index contributed by atoms with van der Waals surface area (Å²) in [6, 6.07) is 5.59. The largest absolute Gasteiger partial charge is 0.493 e. The molecule has 1 aromatic rings. The third-order valence-electron chi connectivity index (χ3n) is 7.80. The molecular formula is C31H50N4O6. The van der Waals surface area contributed by atoms with Gasteiger partial charge in [0.1, 0.15) is 0 Å². The van der Waals surface area contributed by atoms with Crippen LogP contribution in [0.1, 0.15) is 70.7 Å². The first-order chi connectivity index (χ1) is 19.5. The summed E-state index contributed by atoms with van der Waals surface area (Å²) in [5.74, 6) is 1.45. The van der Waals surface area contributed by atoms with Crippen LogP contribution in [-0.4, -0.2) is 98.8 Å². The number of ether oxygens (including phenoxy) is 3. The molecule has 1 aromatic carbocycles. The van der Waals surface area contributed by atoms with Crippen molar-refractivity contribution < 1.29 is 28.6 Å². The Kier molecular flexibility index (Phi) is 11.8. The Balaban J connectivity index is 1.70. The Bertz CT molecular complexity index is 1040. The first-order valence-corrected chi connectivity index (χ1v) is 14.9. The summed E-state index contributed by atoms with van der Waals surface area (Å²) < 4.78 is 16.5. The number of nitrogens with one attached hydrogen (secondary N) is 2. The van der Waals surface area contributed by atoms with Gasteiger partial charge in [0.2, 0.25) is 11.8 Å². The van der Waals surface area contributed by atoms with Gasteiger partial charge in [0.15, 0.2) is 11.5 Å². The number of carbonyl (C=O) groups is 3. The lowest BCUT2D eigenvalue weighted by molar-refractivity contribution is -0.134. The minimum atomic E-state index is -0.602. The lowest BCUT2D eigenvalue weighted by Gasteiger charge is -2.35. The molecule has 3 amide bonds. The van der Waals surface area contributed by atoms with E-state index in [0.717, 1.165) is 32.4 Å². The lowest BCUT2D eigenvalue weighted by Crippen LogP contribution is -2.49. The van der Waals surface area contributed by atoms with Crippen LogP contribution in [-0.2, 0) is 14.3 Å². The van der Waals surface area contributed by atoms with E-state index in [1.165, 1.54) is 6.92 Å². The van der Waals surface area contributed by atoms with Crippen LogP contribution >= 0.6 is 0 Å². The van der Waals surface area contributed by atoms with Gasteiger partial charge in [0.05, 0.1) is 13.7 Å². The van der Waals surface area contributed by atoms with Crippen LogP contribution in [0.5, 0.6) is 11.5 Å². The summed E-state index contributed by atoms with van der Waals surface area (Å²) >= 11 is 0. The minimum absolute atomic E-state index is 0.00320. The average Bonchev–Trinajstić information content (AvgIpc) is 3.65. The second-order valence-electron chi connectivity index (χ2n) is 12.3. The first kappa shape index (κ1) is 32.7. The molecule has 2 aliphatic rings. The smallest absolute Gasteiger partial charge is 0.254 e. The summed E-state index contributed by atoms with van der Waals surface area (Å²) in [6.45, 7) is 13.2. The van der Waals surface area contributed by atoms with Crippen LogP contribution in [0.3, 0.4) is 0 Å². The number of carbonyl (C=O) groups excluding carboxylic acids is 3. The van der Waals surface area contributed by atoms with E-state index in [0.29, 0.717) is 43.4 Å². The molecule has 10 heteroatoms. The highest BCUT2D eigenvalue weighted by Gasteiger charge is 2.39. The second kappa shape index (κ2) is 14.9. The van der Waals surface area contributed by atoms with E-state index in [1.54, 1.807) is 32.4 Å². The summed E-state index contributed by atoms with van der Waals surface area (Å²) in [5, 5.41) is 6.40. The van der Waals surface area contributed by atoms with Crippen molar-refractivity contribution >= 4 is 17.7 Å². The van der Waals surface area contributed by atoms with Gasteiger partial charge in [-0.2, -0.15) is 0 Å². The van der Waals surface area contributed by atoms with E-state index < -0.39 is 5.54 Å². The highest BCUT2D eigenvalue weighted by molar-refractivity contribution is 5.95. The molecule has 0 aromatic heterocycles. The number of hydrogen-bond donors (Lipinski definition) is 2. The molecule has 1 saturated carbocycles. The van der Waals surface area contributed by atoms with Gasteiger partial charge in [-0.1, -0.05) is 0 Å². The average molecular weight is 575 g/mol. The monoisotopic (exact) mass is 574 g/mol. The number of rotatable bonds is 16. The molecular weight excluding hydrogens is 524 g/mol. The van der Waals surface area contributed by atoms with Crippen LogP contribution in [0.2, 0.25) is 0 Å². The topological polar surface area (TPSA) is 109 Å². The summed E-state index contributed by atoms with van der Waals surface area (Å²) in [6.07, 6.45) is 3.02. The molecule has 1 aliphatic heterocycles. The Morgan fingerprint density at radius 1 is 1.05 bits per heavy atom. The Hall–Kier alpha value is -2.85.